The third-order valence-corrected chi connectivity index (χ3v) is 3.47. The summed E-state index contributed by atoms with van der Waals surface area (Å²) in [4.78, 5) is 22.1. The molecule has 2 aromatic carbocycles. The molecular weight excluding hydrogens is 327 g/mol. The van der Waals surface area contributed by atoms with Gasteiger partial charge in [-0.25, -0.2) is 0 Å². The Balaban J connectivity index is 2.11. The van der Waals surface area contributed by atoms with Crippen molar-refractivity contribution >= 4 is 46.6 Å². The highest BCUT2D eigenvalue weighted by atomic mass is 35.5. The number of nitrogens with zero attached hydrogens (tertiary/aromatic N) is 1. The maximum Gasteiger partial charge on any atom is 0.292 e. The summed E-state index contributed by atoms with van der Waals surface area (Å²) in [5.74, 6) is -0.486. The quantitative estimate of drug-likeness (QED) is 0.505. The largest absolute Gasteiger partial charge is 0.317 e. The average molecular weight is 337 g/mol. The van der Waals surface area contributed by atoms with Crippen LogP contribution in [0.15, 0.2) is 48.5 Å². The molecule has 0 bridgehead atoms. The van der Waals surface area contributed by atoms with Crippen LogP contribution in [0.4, 0.5) is 11.4 Å². The Labute approximate surface area is 136 Å². The third-order valence-electron chi connectivity index (χ3n) is 2.73. The van der Waals surface area contributed by atoms with Crippen LogP contribution in [-0.2, 0) is 4.79 Å². The van der Waals surface area contributed by atoms with Crippen LogP contribution in [0.1, 0.15) is 5.56 Å². The molecule has 0 aromatic heterocycles. The molecule has 2 aromatic rings. The molecule has 0 heterocycles. The molecule has 0 saturated heterocycles. The van der Waals surface area contributed by atoms with Gasteiger partial charge in [0.15, 0.2) is 0 Å². The van der Waals surface area contributed by atoms with E-state index in [9.17, 15) is 14.9 Å². The molecule has 5 nitrogen and oxygen atoms in total. The lowest BCUT2D eigenvalue weighted by molar-refractivity contribution is -0.383. The molecule has 0 unspecified atom stereocenters. The van der Waals surface area contributed by atoms with E-state index in [1.807, 2.05) is 0 Å². The van der Waals surface area contributed by atoms with E-state index in [0.29, 0.717) is 15.6 Å². The molecular formula is C15H10Cl2N2O3. The monoisotopic (exact) mass is 336 g/mol. The van der Waals surface area contributed by atoms with Gasteiger partial charge in [-0.15, -0.1) is 0 Å². The number of nitrogens with one attached hydrogen (secondary N) is 1. The number of halogens is 2. The Kier molecular flexibility index (Phi) is 5.14. The van der Waals surface area contributed by atoms with E-state index < -0.39 is 10.8 Å². The van der Waals surface area contributed by atoms with Gasteiger partial charge < -0.3 is 5.32 Å². The summed E-state index contributed by atoms with van der Waals surface area (Å²) in [6.07, 6.45) is 2.79. The molecule has 0 fully saturated rings. The number of carbonyl (C=O) groups is 1. The molecule has 0 saturated carbocycles. The highest BCUT2D eigenvalue weighted by Gasteiger charge is 2.13. The SMILES string of the molecule is O=C(/C=C/c1ccc(Cl)c(Cl)c1)Nc1ccccc1[N+](=O)[O-]. The maximum atomic E-state index is 11.8. The van der Waals surface area contributed by atoms with Gasteiger partial charge in [-0.1, -0.05) is 41.4 Å². The van der Waals surface area contributed by atoms with Gasteiger partial charge in [0.2, 0.25) is 5.91 Å². The average Bonchev–Trinajstić information content (AvgIpc) is 2.49. The van der Waals surface area contributed by atoms with E-state index in [1.54, 1.807) is 24.3 Å². The van der Waals surface area contributed by atoms with E-state index >= 15 is 0 Å². The molecule has 0 atom stereocenters. The van der Waals surface area contributed by atoms with Gasteiger partial charge in [0, 0.05) is 12.1 Å². The number of nitro benzene ring substituents is 1. The summed E-state index contributed by atoms with van der Waals surface area (Å²) in [5, 5.41) is 14.1. The number of amides is 1. The normalized spacial score (nSPS) is 10.6. The lowest BCUT2D eigenvalue weighted by Gasteiger charge is -2.03. The minimum Gasteiger partial charge on any atom is -0.317 e. The van der Waals surface area contributed by atoms with Crippen LogP contribution < -0.4 is 5.32 Å². The Hall–Kier alpha value is -2.37. The van der Waals surface area contributed by atoms with Crippen molar-refractivity contribution in [3.05, 3.63) is 74.3 Å². The highest BCUT2D eigenvalue weighted by molar-refractivity contribution is 6.42. The first-order valence-electron chi connectivity index (χ1n) is 6.15. The Bertz CT molecular complexity index is 760. The van der Waals surface area contributed by atoms with Crippen LogP contribution in [0.2, 0.25) is 10.0 Å². The topological polar surface area (TPSA) is 72.2 Å². The fourth-order valence-electron chi connectivity index (χ4n) is 1.70. The molecule has 1 amide bonds. The number of benzene rings is 2. The number of hydrogen-bond donors (Lipinski definition) is 1. The second-order valence-corrected chi connectivity index (χ2v) is 5.08. The van der Waals surface area contributed by atoms with Crippen LogP contribution in [0.3, 0.4) is 0 Å². The fourth-order valence-corrected chi connectivity index (χ4v) is 2.01. The maximum absolute atomic E-state index is 11.8. The van der Waals surface area contributed by atoms with Gasteiger partial charge in [-0.3, -0.25) is 14.9 Å². The first kappa shape index (κ1) is 16.0. The molecule has 0 aliphatic rings. The van der Waals surface area contributed by atoms with E-state index in [2.05, 4.69) is 5.32 Å². The van der Waals surface area contributed by atoms with Crippen molar-refractivity contribution in [2.24, 2.45) is 0 Å². The lowest BCUT2D eigenvalue weighted by Crippen LogP contribution is -2.09. The number of carbonyl (C=O) groups excluding carboxylic acids is 1. The van der Waals surface area contributed by atoms with Crippen molar-refractivity contribution in [3.8, 4) is 0 Å². The van der Waals surface area contributed by atoms with Gasteiger partial charge >= 0.3 is 0 Å². The number of para-hydroxylation sites is 2. The second-order valence-electron chi connectivity index (χ2n) is 4.27. The molecule has 0 aliphatic carbocycles. The minimum absolute atomic E-state index is 0.135. The first-order chi connectivity index (χ1) is 10.5. The lowest BCUT2D eigenvalue weighted by atomic mass is 10.2. The predicted molar refractivity (Wildman–Crippen MR) is 87.2 cm³/mol. The van der Waals surface area contributed by atoms with Crippen molar-refractivity contribution in [1.82, 2.24) is 0 Å². The Morgan fingerprint density at radius 2 is 1.86 bits per heavy atom. The standard InChI is InChI=1S/C15H10Cl2N2O3/c16-11-7-5-10(9-12(11)17)6-8-15(20)18-13-3-1-2-4-14(13)19(21)22/h1-9H,(H,18,20)/b8-6+. The van der Waals surface area contributed by atoms with Crippen molar-refractivity contribution in [1.29, 1.82) is 0 Å². The molecule has 1 N–H and O–H groups in total. The van der Waals surface area contributed by atoms with Crippen molar-refractivity contribution in [2.75, 3.05) is 5.32 Å². The van der Waals surface area contributed by atoms with Crippen LogP contribution in [0.25, 0.3) is 6.08 Å². The van der Waals surface area contributed by atoms with Crippen LogP contribution in [0, 0.1) is 10.1 Å². The summed E-state index contributed by atoms with van der Waals surface area (Å²) < 4.78 is 0. The molecule has 0 spiro atoms. The highest BCUT2D eigenvalue weighted by Crippen LogP contribution is 2.24. The summed E-state index contributed by atoms with van der Waals surface area (Å²) in [5.41, 5.74) is 0.655. The second kappa shape index (κ2) is 7.06. The molecule has 112 valence electrons. The summed E-state index contributed by atoms with van der Waals surface area (Å²) in [6.45, 7) is 0. The number of rotatable bonds is 4. The number of anilines is 1. The van der Waals surface area contributed by atoms with Crippen molar-refractivity contribution in [3.63, 3.8) is 0 Å². The van der Waals surface area contributed by atoms with Gasteiger partial charge in [0.1, 0.15) is 5.69 Å². The summed E-state index contributed by atoms with van der Waals surface area (Å²) in [6, 6.07) is 10.8. The van der Waals surface area contributed by atoms with E-state index in [1.165, 1.54) is 30.4 Å². The van der Waals surface area contributed by atoms with Crippen LogP contribution in [0.5, 0.6) is 0 Å². The summed E-state index contributed by atoms with van der Waals surface area (Å²) >= 11 is 11.7. The zero-order chi connectivity index (χ0) is 16.1. The Morgan fingerprint density at radius 3 is 2.55 bits per heavy atom. The van der Waals surface area contributed by atoms with Gasteiger partial charge in [0.05, 0.1) is 15.0 Å². The smallest absolute Gasteiger partial charge is 0.292 e. The van der Waals surface area contributed by atoms with Crippen molar-refractivity contribution < 1.29 is 9.72 Å². The molecule has 22 heavy (non-hydrogen) atoms. The van der Waals surface area contributed by atoms with Crippen molar-refractivity contribution in [2.45, 2.75) is 0 Å². The summed E-state index contributed by atoms with van der Waals surface area (Å²) in [7, 11) is 0. The third kappa shape index (κ3) is 4.07. The number of nitro groups is 1. The first-order valence-corrected chi connectivity index (χ1v) is 6.90. The van der Waals surface area contributed by atoms with Crippen LogP contribution >= 0.6 is 23.2 Å². The Morgan fingerprint density at radius 1 is 1.14 bits per heavy atom. The van der Waals surface area contributed by atoms with E-state index in [-0.39, 0.29) is 11.4 Å². The molecule has 7 heteroatoms. The van der Waals surface area contributed by atoms with Gasteiger partial charge in [-0.05, 0) is 29.8 Å². The molecule has 0 aliphatic heterocycles. The van der Waals surface area contributed by atoms with Gasteiger partial charge in [0.25, 0.3) is 5.69 Å². The zero-order valence-corrected chi connectivity index (χ0v) is 12.6. The molecule has 0 radical (unpaired) electrons. The molecule has 2 rings (SSSR count). The predicted octanol–water partition coefficient (Wildman–Crippen LogP) is 4.55. The zero-order valence-electron chi connectivity index (χ0n) is 11.1. The fraction of sp³-hybridized carbons (Fsp3) is 0. The van der Waals surface area contributed by atoms with E-state index in [4.69, 9.17) is 23.2 Å². The van der Waals surface area contributed by atoms with E-state index in [0.717, 1.165) is 0 Å². The minimum atomic E-state index is -0.557. The van der Waals surface area contributed by atoms with Gasteiger partial charge in [-0.2, -0.15) is 0 Å². The van der Waals surface area contributed by atoms with Crippen LogP contribution in [-0.4, -0.2) is 10.8 Å². The number of hydrogen-bond acceptors (Lipinski definition) is 3.